The van der Waals surface area contributed by atoms with E-state index in [4.69, 9.17) is 4.74 Å². The van der Waals surface area contributed by atoms with Crippen molar-refractivity contribution < 1.29 is 14.6 Å². The van der Waals surface area contributed by atoms with Crippen molar-refractivity contribution in [2.24, 2.45) is 11.8 Å². The van der Waals surface area contributed by atoms with E-state index in [-0.39, 0.29) is 23.5 Å². The second kappa shape index (κ2) is 12.4. The van der Waals surface area contributed by atoms with Gasteiger partial charge in [0.05, 0.1) is 24.9 Å². The van der Waals surface area contributed by atoms with Gasteiger partial charge in [0.2, 0.25) is 5.91 Å². The summed E-state index contributed by atoms with van der Waals surface area (Å²) in [4.78, 5) is 16.1. The molecule has 1 amide bonds. The molecule has 0 atom stereocenters. The first-order valence-corrected chi connectivity index (χ1v) is 15.4. The van der Waals surface area contributed by atoms with Gasteiger partial charge >= 0.3 is 0 Å². The Balaban J connectivity index is 1.34. The van der Waals surface area contributed by atoms with Crippen LogP contribution in [0.25, 0.3) is 11.1 Å². The molecule has 0 spiro atoms. The Morgan fingerprint density at radius 2 is 1.73 bits per heavy atom. The van der Waals surface area contributed by atoms with Crippen LogP contribution in [0, 0.1) is 18.8 Å². The van der Waals surface area contributed by atoms with E-state index in [1.807, 2.05) is 10.9 Å². The maximum absolute atomic E-state index is 14.1. The highest BCUT2D eigenvalue weighted by Crippen LogP contribution is 2.39. The standard InChI is InChI=1S/C35H47N3O3/c1-24-19-29(15-18-33(24)41-5)26-11-9-25(10-12-26)22-37(34(40)27-13-16-32(39)17-14-27)31-8-6-7-28(20-31)30-21-36-38(23-30)35(2,3)4/h6-8,15,18-21,23,25-27,32,39H,9-14,16-17,22H2,1-5H3/t25-,26-,27?,32?. The van der Waals surface area contributed by atoms with Crippen molar-refractivity contribution in [3.05, 3.63) is 66.0 Å². The molecule has 2 saturated carbocycles. The summed E-state index contributed by atoms with van der Waals surface area (Å²) in [5.41, 5.74) is 5.61. The number of amides is 1. The van der Waals surface area contributed by atoms with Crippen molar-refractivity contribution in [3.63, 3.8) is 0 Å². The molecule has 2 aromatic carbocycles. The minimum absolute atomic E-state index is 0.0238. The first-order chi connectivity index (χ1) is 19.6. The minimum Gasteiger partial charge on any atom is -0.496 e. The number of aryl methyl sites for hydroxylation is 1. The summed E-state index contributed by atoms with van der Waals surface area (Å²) in [6, 6.07) is 15.0. The van der Waals surface area contributed by atoms with Crippen LogP contribution in [0.1, 0.15) is 89.2 Å². The average Bonchev–Trinajstić information content (AvgIpc) is 3.48. The summed E-state index contributed by atoms with van der Waals surface area (Å²) < 4.78 is 7.46. The van der Waals surface area contributed by atoms with Crippen molar-refractivity contribution in [3.8, 4) is 16.9 Å². The Bertz CT molecular complexity index is 1320. The molecule has 1 aromatic heterocycles. The number of hydrogen-bond acceptors (Lipinski definition) is 4. The molecule has 1 heterocycles. The SMILES string of the molecule is COc1ccc([C@H]2CC[C@H](CN(C(=O)C3CCC(O)CC3)c3cccc(-c4cnn(C(C)(C)C)c4)c3)CC2)cc1C. The molecule has 0 unspecified atom stereocenters. The van der Waals surface area contributed by atoms with E-state index in [1.165, 1.54) is 11.1 Å². The van der Waals surface area contributed by atoms with Crippen molar-refractivity contribution in [2.75, 3.05) is 18.6 Å². The van der Waals surface area contributed by atoms with Crippen molar-refractivity contribution >= 4 is 11.6 Å². The van der Waals surface area contributed by atoms with E-state index < -0.39 is 0 Å². The van der Waals surface area contributed by atoms with Crippen molar-refractivity contribution in [2.45, 2.75) is 96.6 Å². The summed E-state index contributed by atoms with van der Waals surface area (Å²) in [5, 5.41) is 14.7. The van der Waals surface area contributed by atoms with E-state index in [0.29, 0.717) is 24.7 Å². The van der Waals surface area contributed by atoms with Gasteiger partial charge in [-0.3, -0.25) is 9.48 Å². The lowest BCUT2D eigenvalue weighted by Gasteiger charge is -2.36. The molecule has 2 aliphatic carbocycles. The smallest absolute Gasteiger partial charge is 0.230 e. The molecule has 220 valence electrons. The fourth-order valence-corrected chi connectivity index (χ4v) is 6.65. The highest BCUT2D eigenvalue weighted by molar-refractivity contribution is 5.95. The molecule has 6 heteroatoms. The molecule has 5 rings (SSSR count). The number of anilines is 1. The Kier molecular flexibility index (Phi) is 8.88. The van der Waals surface area contributed by atoms with E-state index in [0.717, 1.165) is 67.6 Å². The van der Waals surface area contributed by atoms with Gasteiger partial charge in [0.25, 0.3) is 0 Å². The Hall–Kier alpha value is -3.12. The van der Waals surface area contributed by atoms with Crippen LogP contribution < -0.4 is 9.64 Å². The van der Waals surface area contributed by atoms with Gasteiger partial charge in [-0.1, -0.05) is 24.3 Å². The normalized spacial score (nSPS) is 23.3. The van der Waals surface area contributed by atoms with Gasteiger partial charge in [-0.2, -0.15) is 5.10 Å². The summed E-state index contributed by atoms with van der Waals surface area (Å²) in [7, 11) is 1.73. The number of nitrogens with zero attached hydrogens (tertiary/aromatic N) is 3. The zero-order valence-electron chi connectivity index (χ0n) is 25.5. The lowest BCUT2D eigenvalue weighted by Crippen LogP contribution is -2.41. The molecule has 2 fully saturated rings. The lowest BCUT2D eigenvalue weighted by molar-refractivity contribution is -0.124. The van der Waals surface area contributed by atoms with Crippen LogP contribution in [0.5, 0.6) is 5.75 Å². The molecule has 3 aromatic rings. The number of rotatable bonds is 7. The maximum atomic E-state index is 14.1. The third-order valence-electron chi connectivity index (χ3n) is 9.25. The van der Waals surface area contributed by atoms with Gasteiger partial charge in [0.1, 0.15) is 5.75 Å². The predicted octanol–water partition coefficient (Wildman–Crippen LogP) is 7.48. The van der Waals surface area contributed by atoms with Crippen molar-refractivity contribution in [1.29, 1.82) is 0 Å². The Morgan fingerprint density at radius 1 is 1.00 bits per heavy atom. The van der Waals surface area contributed by atoms with Crippen LogP contribution in [0.4, 0.5) is 5.69 Å². The summed E-state index contributed by atoms with van der Waals surface area (Å²) in [5.74, 6) is 2.16. The molecule has 0 radical (unpaired) electrons. The summed E-state index contributed by atoms with van der Waals surface area (Å²) >= 11 is 0. The number of carbonyl (C=O) groups excluding carboxylic acids is 1. The molecule has 0 saturated heterocycles. The van der Waals surface area contributed by atoms with Crippen molar-refractivity contribution in [1.82, 2.24) is 9.78 Å². The van der Waals surface area contributed by atoms with Gasteiger partial charge < -0.3 is 14.7 Å². The fourth-order valence-electron chi connectivity index (χ4n) is 6.65. The zero-order valence-corrected chi connectivity index (χ0v) is 25.5. The first kappa shape index (κ1) is 29.4. The second-order valence-electron chi connectivity index (χ2n) is 13.3. The van der Waals surface area contributed by atoms with Gasteiger partial charge in [-0.15, -0.1) is 0 Å². The van der Waals surface area contributed by atoms with E-state index in [1.54, 1.807) is 7.11 Å². The first-order valence-electron chi connectivity index (χ1n) is 15.4. The minimum atomic E-state index is -0.271. The highest BCUT2D eigenvalue weighted by Gasteiger charge is 2.32. The van der Waals surface area contributed by atoms with E-state index in [2.05, 4.69) is 86.4 Å². The zero-order chi connectivity index (χ0) is 29.1. The van der Waals surface area contributed by atoms with E-state index in [9.17, 15) is 9.90 Å². The number of ether oxygens (including phenoxy) is 1. The predicted molar refractivity (Wildman–Crippen MR) is 165 cm³/mol. The number of benzene rings is 2. The molecule has 0 bridgehead atoms. The fraction of sp³-hybridized carbons (Fsp3) is 0.543. The van der Waals surface area contributed by atoms with Gasteiger partial charge in [-0.05, 0) is 126 Å². The summed E-state index contributed by atoms with van der Waals surface area (Å²) in [6.45, 7) is 9.30. The number of aliphatic hydroxyl groups is 1. The molecule has 1 N–H and O–H groups in total. The maximum Gasteiger partial charge on any atom is 0.230 e. The van der Waals surface area contributed by atoms with Crippen LogP contribution in [0.3, 0.4) is 0 Å². The number of aromatic nitrogens is 2. The largest absolute Gasteiger partial charge is 0.496 e. The van der Waals surface area contributed by atoms with Crippen LogP contribution in [-0.4, -0.2) is 40.6 Å². The molecule has 41 heavy (non-hydrogen) atoms. The van der Waals surface area contributed by atoms with E-state index >= 15 is 0 Å². The summed E-state index contributed by atoms with van der Waals surface area (Å²) in [6.07, 6.45) is 11.2. The number of aliphatic hydroxyl groups excluding tert-OH is 1. The second-order valence-corrected chi connectivity index (χ2v) is 13.3. The molecular formula is C35H47N3O3. The quantitative estimate of drug-likeness (QED) is 0.327. The Labute approximate surface area is 245 Å². The molecule has 0 aliphatic heterocycles. The highest BCUT2D eigenvalue weighted by atomic mass is 16.5. The molecular weight excluding hydrogens is 510 g/mol. The molecule has 6 nitrogen and oxygen atoms in total. The van der Waals surface area contributed by atoms with Crippen LogP contribution in [0.2, 0.25) is 0 Å². The third kappa shape index (κ3) is 6.86. The van der Waals surface area contributed by atoms with Gasteiger partial charge in [-0.25, -0.2) is 0 Å². The molecule has 2 aliphatic rings. The number of hydrogen-bond donors (Lipinski definition) is 1. The number of methoxy groups -OCH3 is 1. The van der Waals surface area contributed by atoms with Crippen LogP contribution in [-0.2, 0) is 10.3 Å². The monoisotopic (exact) mass is 557 g/mol. The topological polar surface area (TPSA) is 67.6 Å². The van der Waals surface area contributed by atoms with Crippen LogP contribution >= 0.6 is 0 Å². The lowest BCUT2D eigenvalue weighted by atomic mass is 9.78. The Morgan fingerprint density at radius 3 is 2.37 bits per heavy atom. The van der Waals surface area contributed by atoms with Crippen LogP contribution in [0.15, 0.2) is 54.9 Å². The number of carbonyl (C=O) groups is 1. The van der Waals surface area contributed by atoms with Gasteiger partial charge in [0.15, 0.2) is 0 Å². The average molecular weight is 558 g/mol. The van der Waals surface area contributed by atoms with Gasteiger partial charge in [0, 0.05) is 29.9 Å². The third-order valence-corrected chi connectivity index (χ3v) is 9.25.